The van der Waals surface area contributed by atoms with Crippen LogP contribution in [0.3, 0.4) is 0 Å². The zero-order chi connectivity index (χ0) is 13.9. The third kappa shape index (κ3) is 4.21. The fraction of sp³-hybridized carbons (Fsp3) is 1.00. The minimum Gasteiger partial charge on any atom is -0.870 e. The van der Waals surface area contributed by atoms with Crippen LogP contribution < -0.4 is 0 Å². The Morgan fingerprint density at radius 1 is 1.05 bits per heavy atom. The van der Waals surface area contributed by atoms with Gasteiger partial charge in [0.25, 0.3) is 0 Å². The zero-order valence-electron chi connectivity index (χ0n) is 14.3. The SMILES string of the molecule is CCCC[N+]1(C2CC(C)CC(C)(C)C2)CCCCC1.[OH-]. The van der Waals surface area contributed by atoms with Crippen molar-refractivity contribution in [3.8, 4) is 0 Å². The maximum absolute atomic E-state index is 2.51. The molecule has 1 saturated heterocycles. The van der Waals surface area contributed by atoms with Crippen molar-refractivity contribution in [2.75, 3.05) is 19.6 Å². The number of hydrogen-bond donors (Lipinski definition) is 0. The quantitative estimate of drug-likeness (QED) is 0.680. The van der Waals surface area contributed by atoms with Crippen molar-refractivity contribution in [3.63, 3.8) is 0 Å². The highest BCUT2D eigenvalue weighted by Gasteiger charge is 2.44. The van der Waals surface area contributed by atoms with Gasteiger partial charge < -0.3 is 9.96 Å². The van der Waals surface area contributed by atoms with Crippen molar-refractivity contribution in [1.29, 1.82) is 0 Å². The van der Waals surface area contributed by atoms with Crippen LogP contribution in [0.1, 0.15) is 79.1 Å². The van der Waals surface area contributed by atoms with Gasteiger partial charge in [0.05, 0.1) is 25.7 Å². The van der Waals surface area contributed by atoms with Crippen molar-refractivity contribution < 1.29 is 9.96 Å². The molecule has 0 aromatic carbocycles. The Labute approximate surface area is 126 Å². The zero-order valence-corrected chi connectivity index (χ0v) is 14.3. The second-order valence-corrected chi connectivity index (χ2v) is 8.37. The van der Waals surface area contributed by atoms with Gasteiger partial charge in [0.15, 0.2) is 0 Å². The summed E-state index contributed by atoms with van der Waals surface area (Å²) in [6.45, 7) is 14.3. The van der Waals surface area contributed by atoms with Gasteiger partial charge >= 0.3 is 0 Å². The maximum atomic E-state index is 2.51. The monoisotopic (exact) mass is 283 g/mol. The number of likely N-dealkylation sites (tertiary alicyclic amines) is 1. The Morgan fingerprint density at radius 2 is 1.70 bits per heavy atom. The predicted molar refractivity (Wildman–Crippen MR) is 86.1 cm³/mol. The van der Waals surface area contributed by atoms with Crippen molar-refractivity contribution >= 4 is 0 Å². The molecule has 2 rings (SSSR count). The lowest BCUT2D eigenvalue weighted by Gasteiger charge is -2.52. The molecule has 1 heterocycles. The highest BCUT2D eigenvalue weighted by atomic mass is 16.0. The van der Waals surface area contributed by atoms with Crippen LogP contribution in [0.25, 0.3) is 0 Å². The van der Waals surface area contributed by atoms with Crippen molar-refractivity contribution in [1.82, 2.24) is 0 Å². The minimum absolute atomic E-state index is 0. The summed E-state index contributed by atoms with van der Waals surface area (Å²) in [7, 11) is 0. The van der Waals surface area contributed by atoms with E-state index in [1.54, 1.807) is 0 Å². The van der Waals surface area contributed by atoms with Crippen molar-refractivity contribution in [2.24, 2.45) is 11.3 Å². The number of rotatable bonds is 4. The summed E-state index contributed by atoms with van der Waals surface area (Å²) in [6, 6.07) is 0.964. The molecule has 2 aliphatic rings. The second-order valence-electron chi connectivity index (χ2n) is 8.37. The Bertz CT molecular complexity index is 281. The third-order valence-corrected chi connectivity index (χ3v) is 5.80. The first kappa shape index (κ1) is 18.0. The van der Waals surface area contributed by atoms with Gasteiger partial charge in [0.1, 0.15) is 0 Å². The van der Waals surface area contributed by atoms with Gasteiger partial charge in [0.2, 0.25) is 0 Å². The molecule has 2 nitrogen and oxygen atoms in total. The number of unbranched alkanes of at least 4 members (excludes halogenated alkanes) is 1. The van der Waals surface area contributed by atoms with Crippen LogP contribution in [-0.2, 0) is 0 Å². The fourth-order valence-electron chi connectivity index (χ4n) is 5.10. The average Bonchev–Trinajstić information content (AvgIpc) is 2.35. The molecule has 0 bridgehead atoms. The molecule has 0 spiro atoms. The molecule has 0 radical (unpaired) electrons. The van der Waals surface area contributed by atoms with Crippen LogP contribution in [0.15, 0.2) is 0 Å². The van der Waals surface area contributed by atoms with Crippen LogP contribution >= 0.6 is 0 Å². The summed E-state index contributed by atoms with van der Waals surface area (Å²) in [6.07, 6.45) is 11.7. The van der Waals surface area contributed by atoms with E-state index in [1.807, 2.05) is 0 Å². The summed E-state index contributed by atoms with van der Waals surface area (Å²) >= 11 is 0. The van der Waals surface area contributed by atoms with Gasteiger partial charge in [-0.2, -0.15) is 0 Å². The van der Waals surface area contributed by atoms with Crippen LogP contribution in [-0.4, -0.2) is 35.6 Å². The van der Waals surface area contributed by atoms with Gasteiger partial charge in [-0.25, -0.2) is 0 Å². The van der Waals surface area contributed by atoms with E-state index in [9.17, 15) is 0 Å². The molecule has 2 atom stereocenters. The molecular formula is C18H37NO. The normalized spacial score (nSPS) is 32.4. The fourth-order valence-corrected chi connectivity index (χ4v) is 5.10. The summed E-state index contributed by atoms with van der Waals surface area (Å²) in [5.74, 6) is 0.937. The third-order valence-electron chi connectivity index (χ3n) is 5.80. The smallest absolute Gasteiger partial charge is 0.0898 e. The van der Waals surface area contributed by atoms with Gasteiger partial charge in [-0.1, -0.05) is 34.1 Å². The standard InChI is InChI=1S/C18H36N.H2O/c1-5-6-10-19(11-8-7-9-12-19)17-13-16(2)14-18(3,4)15-17;/h16-17H,5-15H2,1-4H3;1H2/q+1;/p-1. The molecule has 0 aromatic heterocycles. The van der Waals surface area contributed by atoms with E-state index in [4.69, 9.17) is 0 Å². The molecule has 1 N–H and O–H groups in total. The number of nitrogens with zero attached hydrogens (tertiary/aromatic N) is 1. The topological polar surface area (TPSA) is 30.0 Å². The van der Waals surface area contributed by atoms with E-state index < -0.39 is 0 Å². The molecule has 1 saturated carbocycles. The van der Waals surface area contributed by atoms with E-state index in [2.05, 4.69) is 27.7 Å². The molecule has 0 amide bonds. The Morgan fingerprint density at radius 3 is 2.25 bits per heavy atom. The molecule has 0 aromatic rings. The molecule has 1 aliphatic heterocycles. The lowest BCUT2D eigenvalue weighted by molar-refractivity contribution is -0.958. The van der Waals surface area contributed by atoms with E-state index in [0.717, 1.165) is 12.0 Å². The number of piperidine rings is 1. The molecule has 120 valence electrons. The van der Waals surface area contributed by atoms with Gasteiger partial charge in [-0.05, 0) is 43.4 Å². The van der Waals surface area contributed by atoms with Crippen molar-refractivity contribution in [2.45, 2.75) is 85.1 Å². The summed E-state index contributed by atoms with van der Waals surface area (Å²) in [5.41, 5.74) is 0.581. The minimum atomic E-state index is 0. The average molecular weight is 283 g/mol. The molecular weight excluding hydrogens is 246 g/mol. The van der Waals surface area contributed by atoms with Gasteiger partial charge in [0, 0.05) is 12.8 Å². The van der Waals surface area contributed by atoms with Crippen LogP contribution in [0.2, 0.25) is 0 Å². The summed E-state index contributed by atoms with van der Waals surface area (Å²) in [4.78, 5) is 0. The predicted octanol–water partition coefficient (Wildman–Crippen LogP) is 4.83. The van der Waals surface area contributed by atoms with Crippen LogP contribution in [0.4, 0.5) is 0 Å². The number of hydrogen-bond acceptors (Lipinski definition) is 1. The Kier molecular flexibility index (Phi) is 6.53. The summed E-state index contributed by atoms with van der Waals surface area (Å²) in [5, 5.41) is 0. The molecule has 1 aliphatic carbocycles. The largest absolute Gasteiger partial charge is 0.870 e. The first-order chi connectivity index (χ1) is 8.97. The Balaban J connectivity index is 0.00000200. The lowest BCUT2D eigenvalue weighted by Crippen LogP contribution is -2.61. The van der Waals surface area contributed by atoms with E-state index in [0.29, 0.717) is 5.41 Å². The molecule has 2 fully saturated rings. The number of quaternary nitrogens is 1. The Hall–Kier alpha value is -0.0800. The van der Waals surface area contributed by atoms with Gasteiger partial charge in [-0.15, -0.1) is 0 Å². The first-order valence-electron chi connectivity index (χ1n) is 8.83. The summed E-state index contributed by atoms with van der Waals surface area (Å²) < 4.78 is 1.49. The molecule has 2 heteroatoms. The van der Waals surface area contributed by atoms with Crippen LogP contribution in [0, 0.1) is 11.3 Å². The molecule has 2 unspecified atom stereocenters. The van der Waals surface area contributed by atoms with E-state index in [1.165, 1.54) is 75.5 Å². The van der Waals surface area contributed by atoms with Crippen molar-refractivity contribution in [3.05, 3.63) is 0 Å². The molecule has 20 heavy (non-hydrogen) atoms. The lowest BCUT2D eigenvalue weighted by atomic mass is 9.69. The maximum Gasteiger partial charge on any atom is 0.0898 e. The van der Waals surface area contributed by atoms with Crippen LogP contribution in [0.5, 0.6) is 0 Å². The van der Waals surface area contributed by atoms with Gasteiger partial charge in [-0.3, -0.25) is 0 Å². The van der Waals surface area contributed by atoms with E-state index in [-0.39, 0.29) is 5.48 Å². The first-order valence-corrected chi connectivity index (χ1v) is 8.83. The highest BCUT2D eigenvalue weighted by Crippen LogP contribution is 2.43. The highest BCUT2D eigenvalue weighted by molar-refractivity contribution is 4.84. The second kappa shape index (κ2) is 7.26. The van der Waals surface area contributed by atoms with E-state index >= 15 is 0 Å².